The molecular weight excluding hydrogens is 382 g/mol. The molecule has 4 rings (SSSR count). The van der Waals surface area contributed by atoms with Crippen molar-refractivity contribution in [3.8, 4) is 11.5 Å². The standard InChI is InChI=1S/C23H27N3O4/c1-17(7-8-18-5-3-2-4-6-18)24-22(27)16-25-11-12-26(23(25)28)19-9-10-20-21(15-19)30-14-13-29-20/h2-6,9-10,15,17H,7-8,11-14,16H2,1H3,(H,24,27). The molecule has 1 saturated heterocycles. The van der Waals surface area contributed by atoms with E-state index in [-0.39, 0.29) is 24.5 Å². The fourth-order valence-corrected chi connectivity index (χ4v) is 3.76. The molecule has 0 radical (unpaired) electrons. The van der Waals surface area contributed by atoms with Crippen LogP contribution >= 0.6 is 0 Å². The predicted octanol–water partition coefficient (Wildman–Crippen LogP) is 2.84. The highest BCUT2D eigenvalue weighted by atomic mass is 16.6. The van der Waals surface area contributed by atoms with Gasteiger partial charge in [0.1, 0.15) is 19.8 Å². The van der Waals surface area contributed by atoms with Gasteiger partial charge in [0, 0.05) is 30.9 Å². The summed E-state index contributed by atoms with van der Waals surface area (Å²) in [5.74, 6) is 1.21. The monoisotopic (exact) mass is 409 g/mol. The zero-order chi connectivity index (χ0) is 20.9. The van der Waals surface area contributed by atoms with Crippen LogP contribution in [-0.4, -0.2) is 55.7 Å². The molecule has 2 aliphatic heterocycles. The summed E-state index contributed by atoms with van der Waals surface area (Å²) in [6.45, 7) is 4.14. The molecule has 0 bridgehead atoms. The van der Waals surface area contributed by atoms with Crippen LogP contribution in [0.25, 0.3) is 0 Å². The van der Waals surface area contributed by atoms with E-state index in [1.54, 1.807) is 9.80 Å². The molecule has 7 heteroatoms. The van der Waals surface area contributed by atoms with Crippen LogP contribution in [-0.2, 0) is 11.2 Å². The van der Waals surface area contributed by atoms with Gasteiger partial charge >= 0.3 is 6.03 Å². The largest absolute Gasteiger partial charge is 0.486 e. The van der Waals surface area contributed by atoms with Crippen LogP contribution in [0.1, 0.15) is 18.9 Å². The van der Waals surface area contributed by atoms with Crippen LogP contribution in [0.2, 0.25) is 0 Å². The first-order valence-corrected chi connectivity index (χ1v) is 10.4. The molecule has 1 N–H and O–H groups in total. The molecule has 7 nitrogen and oxygen atoms in total. The summed E-state index contributed by atoms with van der Waals surface area (Å²) in [6, 6.07) is 15.6. The normalized spacial score (nSPS) is 16.5. The molecule has 1 unspecified atom stereocenters. The van der Waals surface area contributed by atoms with Crippen LogP contribution in [0.3, 0.4) is 0 Å². The van der Waals surface area contributed by atoms with Gasteiger partial charge in [0.15, 0.2) is 11.5 Å². The zero-order valence-electron chi connectivity index (χ0n) is 17.2. The molecule has 2 heterocycles. The second-order valence-electron chi connectivity index (χ2n) is 7.68. The number of carbonyl (C=O) groups excluding carboxylic acids is 2. The summed E-state index contributed by atoms with van der Waals surface area (Å²) in [4.78, 5) is 28.5. The number of nitrogens with one attached hydrogen (secondary N) is 1. The summed E-state index contributed by atoms with van der Waals surface area (Å²) in [7, 11) is 0. The Labute approximate surface area is 176 Å². The molecular formula is C23H27N3O4. The van der Waals surface area contributed by atoms with E-state index in [9.17, 15) is 9.59 Å². The van der Waals surface area contributed by atoms with E-state index >= 15 is 0 Å². The minimum atomic E-state index is -0.168. The highest BCUT2D eigenvalue weighted by Gasteiger charge is 2.31. The van der Waals surface area contributed by atoms with Gasteiger partial charge in [-0.05, 0) is 37.5 Å². The number of nitrogens with zero attached hydrogens (tertiary/aromatic N) is 2. The molecule has 1 fully saturated rings. The van der Waals surface area contributed by atoms with Gasteiger partial charge in [-0.1, -0.05) is 30.3 Å². The number of urea groups is 1. The minimum Gasteiger partial charge on any atom is -0.486 e. The van der Waals surface area contributed by atoms with Crippen LogP contribution < -0.4 is 19.7 Å². The van der Waals surface area contributed by atoms with Crippen molar-refractivity contribution in [2.24, 2.45) is 0 Å². The zero-order valence-corrected chi connectivity index (χ0v) is 17.2. The number of benzene rings is 2. The van der Waals surface area contributed by atoms with Gasteiger partial charge in [0.25, 0.3) is 0 Å². The predicted molar refractivity (Wildman–Crippen MR) is 114 cm³/mol. The highest BCUT2D eigenvalue weighted by molar-refractivity contribution is 5.96. The van der Waals surface area contributed by atoms with Gasteiger partial charge in [-0.2, -0.15) is 0 Å². The van der Waals surface area contributed by atoms with Crippen LogP contribution in [0.15, 0.2) is 48.5 Å². The van der Waals surface area contributed by atoms with Gasteiger partial charge in [0.2, 0.25) is 5.91 Å². The number of hydrogen-bond acceptors (Lipinski definition) is 4. The topological polar surface area (TPSA) is 71.1 Å². The third kappa shape index (κ3) is 4.67. The van der Waals surface area contributed by atoms with Crippen molar-refractivity contribution in [2.75, 3.05) is 37.7 Å². The second kappa shape index (κ2) is 9.07. The summed E-state index contributed by atoms with van der Waals surface area (Å²) in [6.07, 6.45) is 1.76. The number of hydrogen-bond donors (Lipinski definition) is 1. The Morgan fingerprint density at radius 2 is 1.83 bits per heavy atom. The molecule has 0 saturated carbocycles. The lowest BCUT2D eigenvalue weighted by Gasteiger charge is -2.22. The van der Waals surface area contributed by atoms with Gasteiger partial charge in [0.05, 0.1) is 0 Å². The lowest BCUT2D eigenvalue weighted by molar-refractivity contribution is -0.122. The lowest BCUT2D eigenvalue weighted by atomic mass is 10.1. The van der Waals surface area contributed by atoms with Gasteiger partial charge in [-0.15, -0.1) is 0 Å². The van der Waals surface area contributed by atoms with Crippen LogP contribution in [0, 0.1) is 0 Å². The van der Waals surface area contributed by atoms with Crippen molar-refractivity contribution < 1.29 is 19.1 Å². The Balaban J connectivity index is 1.28. The van der Waals surface area contributed by atoms with E-state index in [2.05, 4.69) is 17.4 Å². The van der Waals surface area contributed by atoms with Crippen LogP contribution in [0.5, 0.6) is 11.5 Å². The summed E-state index contributed by atoms with van der Waals surface area (Å²) >= 11 is 0. The number of carbonyl (C=O) groups is 2. The maximum absolute atomic E-state index is 12.8. The molecule has 2 aromatic rings. The first-order chi connectivity index (χ1) is 14.6. The fraction of sp³-hybridized carbons (Fsp3) is 0.391. The summed E-state index contributed by atoms with van der Waals surface area (Å²) < 4.78 is 11.1. The average molecular weight is 409 g/mol. The number of rotatable bonds is 7. The number of aryl methyl sites for hydroxylation is 1. The maximum atomic E-state index is 12.8. The van der Waals surface area contributed by atoms with Crippen molar-refractivity contribution in [3.05, 3.63) is 54.1 Å². The lowest BCUT2D eigenvalue weighted by Crippen LogP contribution is -2.42. The Morgan fingerprint density at radius 1 is 1.07 bits per heavy atom. The van der Waals surface area contributed by atoms with Crippen molar-refractivity contribution in [3.63, 3.8) is 0 Å². The van der Waals surface area contributed by atoms with E-state index < -0.39 is 0 Å². The quantitative estimate of drug-likeness (QED) is 0.763. The van der Waals surface area contributed by atoms with E-state index in [1.807, 2.05) is 43.3 Å². The van der Waals surface area contributed by atoms with E-state index in [4.69, 9.17) is 9.47 Å². The van der Waals surface area contributed by atoms with Gasteiger partial charge < -0.3 is 19.7 Å². The summed E-state index contributed by atoms with van der Waals surface area (Å²) in [5.41, 5.74) is 2.01. The van der Waals surface area contributed by atoms with Crippen LogP contribution in [0.4, 0.5) is 10.5 Å². The molecule has 30 heavy (non-hydrogen) atoms. The van der Waals surface area contributed by atoms with Crippen molar-refractivity contribution in [1.29, 1.82) is 0 Å². The molecule has 0 aromatic heterocycles. The smallest absolute Gasteiger partial charge is 0.325 e. The fourth-order valence-electron chi connectivity index (χ4n) is 3.76. The molecule has 2 aliphatic rings. The minimum absolute atomic E-state index is 0.0457. The molecule has 1 atom stereocenters. The Morgan fingerprint density at radius 3 is 2.63 bits per heavy atom. The van der Waals surface area contributed by atoms with E-state index in [0.29, 0.717) is 37.8 Å². The van der Waals surface area contributed by atoms with Crippen molar-refractivity contribution >= 4 is 17.6 Å². The molecule has 3 amide bonds. The SMILES string of the molecule is CC(CCc1ccccc1)NC(=O)CN1CCN(c2ccc3c(c2)OCCO3)C1=O. The Bertz CT molecular complexity index is 903. The van der Waals surface area contributed by atoms with Gasteiger partial charge in [-0.3, -0.25) is 9.69 Å². The van der Waals surface area contributed by atoms with Crippen molar-refractivity contribution in [1.82, 2.24) is 10.2 Å². The second-order valence-corrected chi connectivity index (χ2v) is 7.68. The molecule has 2 aromatic carbocycles. The molecule has 0 aliphatic carbocycles. The first-order valence-electron chi connectivity index (χ1n) is 10.4. The average Bonchev–Trinajstić information content (AvgIpc) is 3.12. The molecule has 158 valence electrons. The van der Waals surface area contributed by atoms with Gasteiger partial charge in [-0.25, -0.2) is 4.79 Å². The first kappa shape index (κ1) is 20.1. The number of ether oxygens (including phenoxy) is 2. The van der Waals surface area contributed by atoms with Crippen molar-refractivity contribution in [2.45, 2.75) is 25.8 Å². The number of fused-ring (bicyclic) bond motifs is 1. The highest BCUT2D eigenvalue weighted by Crippen LogP contribution is 2.34. The third-order valence-electron chi connectivity index (χ3n) is 5.38. The Hall–Kier alpha value is -3.22. The molecule has 0 spiro atoms. The number of anilines is 1. The Kier molecular flexibility index (Phi) is 6.07. The maximum Gasteiger partial charge on any atom is 0.325 e. The van der Waals surface area contributed by atoms with E-state index in [0.717, 1.165) is 18.5 Å². The third-order valence-corrected chi connectivity index (χ3v) is 5.38. The van der Waals surface area contributed by atoms with E-state index in [1.165, 1.54) is 5.56 Å². The summed E-state index contributed by atoms with van der Waals surface area (Å²) in [5, 5.41) is 3.01. The number of amides is 3.